The van der Waals surface area contributed by atoms with E-state index in [2.05, 4.69) is 15.3 Å². The number of hydrogen-bond acceptors (Lipinski definition) is 9. The van der Waals surface area contributed by atoms with E-state index in [1.807, 2.05) is 0 Å². The third kappa shape index (κ3) is 2.98. The summed E-state index contributed by atoms with van der Waals surface area (Å²) in [4.78, 5) is 21.6. The summed E-state index contributed by atoms with van der Waals surface area (Å²) in [6.07, 6.45) is -0.262. The van der Waals surface area contributed by atoms with Crippen molar-refractivity contribution >= 4 is 34.1 Å². The number of ether oxygens (including phenoxy) is 1. The first-order chi connectivity index (χ1) is 13.8. The molecule has 0 saturated carbocycles. The molecule has 29 heavy (non-hydrogen) atoms. The van der Waals surface area contributed by atoms with Crippen LogP contribution < -0.4 is 11.1 Å². The standard InChI is InChI=1S/C18H21N5O5S/c1-18(27)13(25)9(6-24)28-17(18)23-5-8(12-14(19)21-7-22-15(12)23)10-3-4-11(29-10)16(26)20-2/h3-5,7,9,13,17,24-25,27H,6H2,1-2H3,(H,20,26)(H2,19,21,22)/t9?,13?,17-,18+/m1/s1. The molecule has 0 spiro atoms. The van der Waals surface area contributed by atoms with Gasteiger partial charge in [-0.05, 0) is 19.1 Å². The van der Waals surface area contributed by atoms with Gasteiger partial charge in [0.25, 0.3) is 5.91 Å². The van der Waals surface area contributed by atoms with E-state index in [4.69, 9.17) is 10.5 Å². The number of aromatic nitrogens is 3. The van der Waals surface area contributed by atoms with Gasteiger partial charge in [0.05, 0.1) is 16.9 Å². The Labute approximate surface area is 169 Å². The second-order valence-electron chi connectivity index (χ2n) is 7.03. The first kappa shape index (κ1) is 19.7. The van der Waals surface area contributed by atoms with Crippen molar-refractivity contribution in [3.63, 3.8) is 0 Å². The summed E-state index contributed by atoms with van der Waals surface area (Å²) in [7, 11) is 1.56. The number of carbonyl (C=O) groups is 1. The van der Waals surface area contributed by atoms with Gasteiger partial charge in [-0.1, -0.05) is 0 Å². The third-order valence-corrected chi connectivity index (χ3v) is 6.27. The van der Waals surface area contributed by atoms with Crippen LogP contribution >= 0.6 is 11.3 Å². The van der Waals surface area contributed by atoms with Crippen LogP contribution in [-0.2, 0) is 4.74 Å². The molecule has 11 heteroatoms. The van der Waals surface area contributed by atoms with E-state index in [9.17, 15) is 20.1 Å². The second-order valence-corrected chi connectivity index (χ2v) is 8.11. The Morgan fingerprint density at radius 2 is 2.21 bits per heavy atom. The number of nitrogens with one attached hydrogen (secondary N) is 1. The lowest BCUT2D eigenvalue weighted by Gasteiger charge is -2.27. The highest BCUT2D eigenvalue weighted by Gasteiger charge is 2.53. The molecule has 154 valence electrons. The Balaban J connectivity index is 1.89. The van der Waals surface area contributed by atoms with Gasteiger partial charge in [-0.25, -0.2) is 9.97 Å². The lowest BCUT2D eigenvalue weighted by atomic mass is 9.96. The molecule has 0 bridgehead atoms. The van der Waals surface area contributed by atoms with E-state index in [1.165, 1.54) is 24.6 Å². The fourth-order valence-electron chi connectivity index (χ4n) is 3.59. The number of amides is 1. The average molecular weight is 419 g/mol. The number of nitrogen functional groups attached to an aromatic ring is 1. The van der Waals surface area contributed by atoms with Crippen LogP contribution in [0.4, 0.5) is 5.82 Å². The van der Waals surface area contributed by atoms with E-state index in [0.717, 1.165) is 4.88 Å². The second kappa shape index (κ2) is 7.04. The van der Waals surface area contributed by atoms with Gasteiger partial charge in [0.2, 0.25) is 0 Å². The predicted molar refractivity (Wildman–Crippen MR) is 106 cm³/mol. The molecular weight excluding hydrogens is 398 g/mol. The van der Waals surface area contributed by atoms with Crippen LogP contribution in [0.2, 0.25) is 0 Å². The number of nitrogens with zero attached hydrogens (tertiary/aromatic N) is 3. The van der Waals surface area contributed by atoms with Crippen LogP contribution in [0.15, 0.2) is 24.7 Å². The average Bonchev–Trinajstić information content (AvgIpc) is 3.38. The van der Waals surface area contributed by atoms with E-state index in [0.29, 0.717) is 21.5 Å². The number of aliphatic hydroxyl groups is 3. The quantitative estimate of drug-likeness (QED) is 0.399. The summed E-state index contributed by atoms with van der Waals surface area (Å²) in [6, 6.07) is 3.50. The topological polar surface area (TPSA) is 156 Å². The summed E-state index contributed by atoms with van der Waals surface area (Å²) in [5.41, 5.74) is 5.50. The number of carbonyl (C=O) groups excluding carboxylic acids is 1. The van der Waals surface area contributed by atoms with Gasteiger partial charge in [0, 0.05) is 23.7 Å². The maximum absolute atomic E-state index is 11.9. The highest BCUT2D eigenvalue weighted by atomic mass is 32.1. The Morgan fingerprint density at radius 1 is 1.45 bits per heavy atom. The molecule has 1 amide bonds. The van der Waals surface area contributed by atoms with Crippen molar-refractivity contribution in [3.8, 4) is 10.4 Å². The lowest BCUT2D eigenvalue weighted by Crippen LogP contribution is -2.44. The first-order valence-electron chi connectivity index (χ1n) is 8.89. The zero-order valence-electron chi connectivity index (χ0n) is 15.7. The highest BCUT2D eigenvalue weighted by Crippen LogP contribution is 2.43. The van der Waals surface area contributed by atoms with Gasteiger partial charge >= 0.3 is 0 Å². The number of rotatable bonds is 4. The SMILES string of the molecule is CNC(=O)c1ccc(-c2cn([C@@H]3OC(CO)C(O)[C@]3(C)O)c3ncnc(N)c23)s1. The number of hydrogen-bond donors (Lipinski definition) is 5. The highest BCUT2D eigenvalue weighted by molar-refractivity contribution is 7.17. The lowest BCUT2D eigenvalue weighted by molar-refractivity contribution is -0.0948. The van der Waals surface area contributed by atoms with Crippen LogP contribution in [-0.4, -0.2) is 67.2 Å². The molecule has 3 aromatic heterocycles. The number of nitrogens with two attached hydrogens (primary N) is 1. The zero-order valence-corrected chi connectivity index (χ0v) is 16.6. The molecule has 4 atom stereocenters. The van der Waals surface area contributed by atoms with Gasteiger partial charge in [-0.2, -0.15) is 0 Å². The molecule has 0 radical (unpaired) electrons. The van der Waals surface area contributed by atoms with E-state index >= 15 is 0 Å². The van der Waals surface area contributed by atoms with Crippen molar-refractivity contribution in [3.05, 3.63) is 29.5 Å². The van der Waals surface area contributed by atoms with Crippen molar-refractivity contribution in [2.75, 3.05) is 19.4 Å². The number of fused-ring (bicyclic) bond motifs is 1. The summed E-state index contributed by atoms with van der Waals surface area (Å²) in [6.45, 7) is 0.986. The molecule has 1 aliphatic rings. The van der Waals surface area contributed by atoms with Crippen molar-refractivity contribution in [1.82, 2.24) is 19.9 Å². The molecule has 1 saturated heterocycles. The maximum atomic E-state index is 11.9. The van der Waals surface area contributed by atoms with Gasteiger partial charge < -0.3 is 35.7 Å². The Bertz CT molecular complexity index is 1080. The molecule has 3 aromatic rings. The minimum atomic E-state index is -1.68. The zero-order chi connectivity index (χ0) is 20.9. The molecule has 10 nitrogen and oxygen atoms in total. The molecule has 6 N–H and O–H groups in total. The van der Waals surface area contributed by atoms with Gasteiger partial charge in [-0.15, -0.1) is 11.3 Å². The smallest absolute Gasteiger partial charge is 0.261 e. The summed E-state index contributed by atoms with van der Waals surface area (Å²) < 4.78 is 7.30. The summed E-state index contributed by atoms with van der Waals surface area (Å²) in [5, 5.41) is 33.8. The molecule has 1 aliphatic heterocycles. The van der Waals surface area contributed by atoms with E-state index in [1.54, 1.807) is 29.9 Å². The van der Waals surface area contributed by atoms with Crippen molar-refractivity contribution in [1.29, 1.82) is 0 Å². The maximum Gasteiger partial charge on any atom is 0.261 e. The van der Waals surface area contributed by atoms with E-state index in [-0.39, 0.29) is 11.7 Å². The first-order valence-corrected chi connectivity index (χ1v) is 9.71. The van der Waals surface area contributed by atoms with Gasteiger partial charge in [0.1, 0.15) is 35.6 Å². The number of thiophene rings is 1. The molecular formula is C18H21N5O5S. The van der Waals surface area contributed by atoms with Crippen molar-refractivity contribution in [2.24, 2.45) is 0 Å². The predicted octanol–water partition coefficient (Wildman–Crippen LogP) is 0.103. The summed E-state index contributed by atoms with van der Waals surface area (Å²) in [5.74, 6) is 0.0284. The normalized spacial score (nSPS) is 26.9. The molecule has 2 unspecified atom stereocenters. The van der Waals surface area contributed by atoms with Crippen LogP contribution in [0, 0.1) is 0 Å². The monoisotopic (exact) mass is 419 g/mol. The fraction of sp³-hybridized carbons (Fsp3) is 0.389. The van der Waals surface area contributed by atoms with Crippen LogP contribution in [0.1, 0.15) is 22.8 Å². The van der Waals surface area contributed by atoms with Crippen LogP contribution in [0.5, 0.6) is 0 Å². The Morgan fingerprint density at radius 3 is 2.86 bits per heavy atom. The molecule has 4 rings (SSSR count). The molecule has 4 heterocycles. The number of aliphatic hydroxyl groups excluding tert-OH is 2. The Kier molecular flexibility index (Phi) is 4.79. The minimum absolute atomic E-state index is 0.204. The fourth-order valence-corrected chi connectivity index (χ4v) is 4.56. The minimum Gasteiger partial charge on any atom is -0.394 e. The van der Waals surface area contributed by atoms with Gasteiger partial charge in [0.15, 0.2) is 6.23 Å². The van der Waals surface area contributed by atoms with E-state index < -0.39 is 30.6 Å². The Hall–Kier alpha value is -2.57. The third-order valence-electron chi connectivity index (χ3n) is 5.15. The molecule has 0 aliphatic carbocycles. The molecule has 1 fully saturated rings. The largest absolute Gasteiger partial charge is 0.394 e. The molecule has 0 aromatic carbocycles. The van der Waals surface area contributed by atoms with Crippen LogP contribution in [0.3, 0.4) is 0 Å². The summed E-state index contributed by atoms with van der Waals surface area (Å²) >= 11 is 1.27. The number of anilines is 1. The van der Waals surface area contributed by atoms with Crippen molar-refractivity contribution in [2.45, 2.75) is 31.0 Å². The van der Waals surface area contributed by atoms with Crippen molar-refractivity contribution < 1.29 is 24.9 Å². The van der Waals surface area contributed by atoms with Gasteiger partial charge in [-0.3, -0.25) is 4.79 Å². The van der Waals surface area contributed by atoms with Crippen LogP contribution in [0.25, 0.3) is 21.5 Å².